The molecule has 2 aromatic rings. The fraction of sp³-hybridized carbons (Fsp3) is 0.250. The van der Waals surface area contributed by atoms with Crippen LogP contribution in [0, 0.1) is 5.82 Å². The van der Waals surface area contributed by atoms with Crippen molar-refractivity contribution >= 4 is 0 Å². The standard InChI is InChI=1S/C12H14FN3/c1-9(11-7-15-16-8-11)14-6-10-4-2-3-5-12(10)13/h2-5,7-9,14H,6H2,1H3,(H,15,16). The molecule has 0 amide bonds. The summed E-state index contributed by atoms with van der Waals surface area (Å²) in [4.78, 5) is 0. The van der Waals surface area contributed by atoms with Gasteiger partial charge in [0, 0.05) is 29.9 Å². The Kier molecular flexibility index (Phi) is 3.31. The van der Waals surface area contributed by atoms with Gasteiger partial charge in [-0.05, 0) is 13.0 Å². The second-order valence-electron chi connectivity index (χ2n) is 3.73. The Morgan fingerprint density at radius 1 is 1.44 bits per heavy atom. The van der Waals surface area contributed by atoms with Gasteiger partial charge < -0.3 is 5.32 Å². The topological polar surface area (TPSA) is 40.7 Å². The number of nitrogens with one attached hydrogen (secondary N) is 2. The van der Waals surface area contributed by atoms with Gasteiger partial charge in [-0.2, -0.15) is 5.10 Å². The van der Waals surface area contributed by atoms with Gasteiger partial charge in [-0.15, -0.1) is 0 Å². The highest BCUT2D eigenvalue weighted by atomic mass is 19.1. The third-order valence-electron chi connectivity index (χ3n) is 2.58. The lowest BCUT2D eigenvalue weighted by Crippen LogP contribution is -2.18. The number of nitrogens with zero attached hydrogens (tertiary/aromatic N) is 1. The number of rotatable bonds is 4. The van der Waals surface area contributed by atoms with Crippen LogP contribution in [-0.2, 0) is 6.54 Å². The molecule has 1 aromatic carbocycles. The third-order valence-corrected chi connectivity index (χ3v) is 2.58. The summed E-state index contributed by atoms with van der Waals surface area (Å²) in [5, 5.41) is 9.87. The van der Waals surface area contributed by atoms with Gasteiger partial charge >= 0.3 is 0 Å². The molecule has 0 spiro atoms. The molecule has 84 valence electrons. The van der Waals surface area contributed by atoms with Crippen LogP contribution in [0.4, 0.5) is 4.39 Å². The lowest BCUT2D eigenvalue weighted by molar-refractivity contribution is 0.544. The molecule has 0 saturated heterocycles. The van der Waals surface area contributed by atoms with Crippen LogP contribution in [0.3, 0.4) is 0 Å². The minimum Gasteiger partial charge on any atom is -0.306 e. The number of aromatic nitrogens is 2. The van der Waals surface area contributed by atoms with E-state index in [0.717, 1.165) is 5.56 Å². The summed E-state index contributed by atoms with van der Waals surface area (Å²) in [6, 6.07) is 6.93. The summed E-state index contributed by atoms with van der Waals surface area (Å²) in [7, 11) is 0. The zero-order valence-electron chi connectivity index (χ0n) is 9.07. The minimum atomic E-state index is -0.172. The first-order chi connectivity index (χ1) is 7.77. The van der Waals surface area contributed by atoms with Gasteiger partial charge in [0.2, 0.25) is 0 Å². The molecule has 0 aliphatic heterocycles. The van der Waals surface area contributed by atoms with Gasteiger partial charge in [-0.1, -0.05) is 18.2 Å². The maximum absolute atomic E-state index is 13.3. The van der Waals surface area contributed by atoms with E-state index >= 15 is 0 Å². The highest BCUT2D eigenvalue weighted by Crippen LogP contribution is 2.12. The van der Waals surface area contributed by atoms with E-state index in [1.807, 2.05) is 19.2 Å². The maximum Gasteiger partial charge on any atom is 0.127 e. The lowest BCUT2D eigenvalue weighted by atomic mass is 10.1. The molecule has 0 aliphatic rings. The quantitative estimate of drug-likeness (QED) is 0.829. The average Bonchev–Trinajstić information content (AvgIpc) is 2.81. The first kappa shape index (κ1) is 10.8. The zero-order valence-corrected chi connectivity index (χ0v) is 9.07. The van der Waals surface area contributed by atoms with Crippen molar-refractivity contribution in [2.75, 3.05) is 0 Å². The Hall–Kier alpha value is -1.68. The van der Waals surface area contributed by atoms with E-state index in [-0.39, 0.29) is 11.9 Å². The number of hydrogen-bond donors (Lipinski definition) is 2. The molecule has 0 radical (unpaired) electrons. The molecule has 2 rings (SSSR count). The van der Waals surface area contributed by atoms with Crippen LogP contribution in [-0.4, -0.2) is 10.2 Å². The van der Waals surface area contributed by atoms with Crippen molar-refractivity contribution in [3.05, 3.63) is 53.6 Å². The summed E-state index contributed by atoms with van der Waals surface area (Å²) >= 11 is 0. The van der Waals surface area contributed by atoms with E-state index in [2.05, 4.69) is 15.5 Å². The Morgan fingerprint density at radius 3 is 2.94 bits per heavy atom. The third kappa shape index (κ3) is 2.46. The largest absolute Gasteiger partial charge is 0.306 e. The van der Waals surface area contributed by atoms with E-state index in [1.165, 1.54) is 6.07 Å². The predicted octanol–water partition coefficient (Wildman–Crippen LogP) is 2.40. The van der Waals surface area contributed by atoms with E-state index in [0.29, 0.717) is 12.1 Å². The van der Waals surface area contributed by atoms with Gasteiger partial charge in [0.05, 0.1) is 6.20 Å². The molecule has 0 aliphatic carbocycles. The van der Waals surface area contributed by atoms with Crippen molar-refractivity contribution < 1.29 is 4.39 Å². The van der Waals surface area contributed by atoms with Gasteiger partial charge in [-0.25, -0.2) is 4.39 Å². The van der Waals surface area contributed by atoms with Crippen LogP contribution in [0.2, 0.25) is 0 Å². The highest BCUT2D eigenvalue weighted by Gasteiger charge is 2.07. The summed E-state index contributed by atoms with van der Waals surface area (Å²) in [5.41, 5.74) is 1.74. The van der Waals surface area contributed by atoms with Crippen LogP contribution in [0.1, 0.15) is 24.1 Å². The Morgan fingerprint density at radius 2 is 2.25 bits per heavy atom. The van der Waals surface area contributed by atoms with Gasteiger partial charge in [-0.3, -0.25) is 5.10 Å². The molecule has 2 N–H and O–H groups in total. The molecule has 1 atom stereocenters. The van der Waals surface area contributed by atoms with Crippen LogP contribution in [0.15, 0.2) is 36.7 Å². The Bertz CT molecular complexity index is 439. The lowest BCUT2D eigenvalue weighted by Gasteiger charge is -2.12. The van der Waals surface area contributed by atoms with Gasteiger partial charge in [0.15, 0.2) is 0 Å². The molecule has 0 fully saturated rings. The van der Waals surface area contributed by atoms with Gasteiger partial charge in [0.25, 0.3) is 0 Å². The molecule has 1 heterocycles. The van der Waals surface area contributed by atoms with Crippen LogP contribution >= 0.6 is 0 Å². The zero-order chi connectivity index (χ0) is 11.4. The molecular formula is C12H14FN3. The fourth-order valence-electron chi connectivity index (χ4n) is 1.52. The Balaban J connectivity index is 1.95. The van der Waals surface area contributed by atoms with Crippen LogP contribution < -0.4 is 5.32 Å². The van der Waals surface area contributed by atoms with E-state index in [9.17, 15) is 4.39 Å². The van der Waals surface area contributed by atoms with E-state index in [4.69, 9.17) is 0 Å². The van der Waals surface area contributed by atoms with Crippen molar-refractivity contribution in [2.45, 2.75) is 19.5 Å². The van der Waals surface area contributed by atoms with Crippen molar-refractivity contribution in [1.82, 2.24) is 15.5 Å². The monoisotopic (exact) mass is 219 g/mol. The van der Waals surface area contributed by atoms with Crippen LogP contribution in [0.25, 0.3) is 0 Å². The van der Waals surface area contributed by atoms with E-state index < -0.39 is 0 Å². The summed E-state index contributed by atoms with van der Waals surface area (Å²) < 4.78 is 13.3. The number of halogens is 1. The van der Waals surface area contributed by atoms with Gasteiger partial charge in [0.1, 0.15) is 5.82 Å². The molecule has 1 unspecified atom stereocenters. The molecule has 0 bridgehead atoms. The molecule has 3 nitrogen and oxygen atoms in total. The number of aromatic amines is 1. The van der Waals surface area contributed by atoms with E-state index in [1.54, 1.807) is 18.3 Å². The number of hydrogen-bond acceptors (Lipinski definition) is 2. The number of benzene rings is 1. The number of H-pyrrole nitrogens is 1. The van der Waals surface area contributed by atoms with Crippen LogP contribution in [0.5, 0.6) is 0 Å². The molecular weight excluding hydrogens is 205 g/mol. The smallest absolute Gasteiger partial charge is 0.127 e. The first-order valence-corrected chi connectivity index (χ1v) is 5.23. The van der Waals surface area contributed by atoms with Crippen molar-refractivity contribution in [2.24, 2.45) is 0 Å². The van der Waals surface area contributed by atoms with Crippen molar-refractivity contribution in [3.63, 3.8) is 0 Å². The normalized spacial score (nSPS) is 12.6. The summed E-state index contributed by atoms with van der Waals surface area (Å²) in [6.45, 7) is 2.53. The fourth-order valence-corrected chi connectivity index (χ4v) is 1.52. The molecule has 16 heavy (non-hydrogen) atoms. The second kappa shape index (κ2) is 4.90. The first-order valence-electron chi connectivity index (χ1n) is 5.23. The Labute approximate surface area is 93.7 Å². The molecule has 1 aromatic heterocycles. The highest BCUT2D eigenvalue weighted by molar-refractivity contribution is 5.17. The second-order valence-corrected chi connectivity index (χ2v) is 3.73. The molecule has 0 saturated carbocycles. The SMILES string of the molecule is CC(NCc1ccccc1F)c1cn[nH]c1. The van der Waals surface area contributed by atoms with Crippen molar-refractivity contribution in [1.29, 1.82) is 0 Å². The minimum absolute atomic E-state index is 0.151. The maximum atomic E-state index is 13.3. The van der Waals surface area contributed by atoms with Crippen molar-refractivity contribution in [3.8, 4) is 0 Å². The predicted molar refractivity (Wildman–Crippen MR) is 60.2 cm³/mol. The summed E-state index contributed by atoms with van der Waals surface area (Å²) in [6.07, 6.45) is 3.60. The summed E-state index contributed by atoms with van der Waals surface area (Å²) in [5.74, 6) is -0.172. The average molecular weight is 219 g/mol. The molecule has 4 heteroatoms.